The van der Waals surface area contributed by atoms with Crippen LogP contribution in [-0.4, -0.2) is 119 Å². The van der Waals surface area contributed by atoms with Gasteiger partial charge >= 0.3 is 26.7 Å². The van der Waals surface area contributed by atoms with Crippen molar-refractivity contribution < 1.29 is 54.9 Å². The Hall–Kier alpha value is -5.55. The molecule has 0 unspecified atom stereocenters. The maximum absolute atomic E-state index is 13.6. The summed E-state index contributed by atoms with van der Waals surface area (Å²) in [6.45, 7) is -0.152. The number of amides is 1. The van der Waals surface area contributed by atoms with E-state index < -0.39 is 56.8 Å². The van der Waals surface area contributed by atoms with Gasteiger partial charge in [0.2, 0.25) is 11.6 Å². The third-order valence-corrected chi connectivity index (χ3v) is 17.5. The second kappa shape index (κ2) is 23.8. The number of nitrogens with two attached hydrogens (primary N) is 2. The number of fused-ring (bicyclic) bond motifs is 2. The Balaban J connectivity index is 0.000000188. The lowest BCUT2D eigenvalue weighted by Gasteiger charge is -2.35. The van der Waals surface area contributed by atoms with E-state index in [0.717, 1.165) is 36.0 Å². The minimum Gasteiger partial charge on any atom is -0.465 e. The fraction of sp³-hybridized carbons (Fsp3) is 0.380. The molecule has 2 fully saturated rings. The molecule has 2 saturated carbocycles. The first-order valence-corrected chi connectivity index (χ1v) is 29.8. The molecule has 27 heteroatoms. The van der Waals surface area contributed by atoms with Crippen molar-refractivity contribution in [3.05, 3.63) is 149 Å². The summed E-state index contributed by atoms with van der Waals surface area (Å²) in [6, 6.07) is 14.0. The normalized spacial score (nSPS) is 23.1. The molecule has 4 aliphatic rings. The summed E-state index contributed by atoms with van der Waals surface area (Å²) in [5.74, 6) is -0.590. The fourth-order valence-corrected chi connectivity index (χ4v) is 13.5. The molecule has 9 N–H and O–H groups in total. The first kappa shape index (κ1) is 56.2. The minimum atomic E-state index is -4.13. The third kappa shape index (κ3) is 13.7. The summed E-state index contributed by atoms with van der Waals surface area (Å²) in [5.41, 5.74) is 6.60. The largest absolute Gasteiger partial charge is 0.465 e. The number of aliphatic hydroxyl groups excluding tert-OH is 2. The molecule has 3 aliphatic carbocycles. The maximum Gasteiger partial charge on any atom is 0.408 e. The zero-order chi connectivity index (χ0) is 54.8. The predicted molar refractivity (Wildman–Crippen MR) is 288 cm³/mol. The second-order valence-electron chi connectivity index (χ2n) is 19.3. The number of nitrogens with one attached hydrogen (secondary N) is 2. The molecular formula is C50H53Cl2N9O12S4. The van der Waals surface area contributed by atoms with Gasteiger partial charge in [-0.25, -0.2) is 35.0 Å². The lowest BCUT2D eigenvalue weighted by Crippen LogP contribution is -2.39. The van der Waals surface area contributed by atoms with Crippen LogP contribution in [-0.2, 0) is 41.8 Å². The van der Waals surface area contributed by atoms with Gasteiger partial charge in [-0.1, -0.05) is 35.3 Å². The Morgan fingerprint density at radius 1 is 0.701 bits per heavy atom. The molecule has 0 bridgehead atoms. The van der Waals surface area contributed by atoms with Crippen molar-refractivity contribution in [2.24, 2.45) is 22.1 Å². The standard InChI is InChI=1S/C25H26ClN5O7S2.C25H27ClN4O5S2/c26-16-2-1-13-3-4-31(25(34)35)22(18(13)7-16)15-6-21(39-11-15)23(33)19-9-28-12-29-24(19)30-17-5-14(20(32)8-17)10-38-40(27,36)37;26-17-5-4-14-2-1-3-19(20(14)8-17)16-7-23(36-12-16)24(32)21-10-28-13-29-25(21)30-18-6-15(22(31)9-18)11-35-37(27,33)34/h1-2,6-7,9,11-12,14,17,20,22,32H,3-5,8,10H2,(H,34,35)(H2,27,36,37)(H,28,29,30);4-5,7-8,10,12-13,15,18-19,22,31H,1-3,6,9,11H2,(H2,27,33,34)(H,28,29,30)/t14-,17-,20+,22-;15-,18-,19+,22+/m11/s1. The van der Waals surface area contributed by atoms with Gasteiger partial charge in [0.05, 0.1) is 52.3 Å². The van der Waals surface area contributed by atoms with Crippen molar-refractivity contribution in [1.82, 2.24) is 24.8 Å². The molecule has 1 aliphatic heterocycles. The second-order valence-corrected chi connectivity index (χ2v) is 24.4. The molecule has 0 radical (unpaired) electrons. The third-order valence-electron chi connectivity index (χ3n) is 14.2. The van der Waals surface area contributed by atoms with Crippen LogP contribution < -0.4 is 20.9 Å². The lowest BCUT2D eigenvalue weighted by molar-refractivity contribution is 0.100. The van der Waals surface area contributed by atoms with Crippen LogP contribution in [0.15, 0.2) is 84.3 Å². The Bertz CT molecular complexity index is 3410. The highest BCUT2D eigenvalue weighted by Gasteiger charge is 2.38. The molecule has 5 heterocycles. The number of carboxylic acid groups (broad SMARTS) is 1. The summed E-state index contributed by atoms with van der Waals surface area (Å²) in [4.78, 5) is 58.0. The molecule has 4 aromatic heterocycles. The van der Waals surface area contributed by atoms with E-state index in [9.17, 15) is 46.5 Å². The van der Waals surface area contributed by atoms with E-state index in [0.29, 0.717) is 69.0 Å². The number of aromatic nitrogens is 4. The van der Waals surface area contributed by atoms with Crippen molar-refractivity contribution in [1.29, 1.82) is 0 Å². The van der Waals surface area contributed by atoms with Gasteiger partial charge in [0.25, 0.3) is 0 Å². The number of hydrogen-bond donors (Lipinski definition) is 7. The van der Waals surface area contributed by atoms with Crippen molar-refractivity contribution in [3.8, 4) is 0 Å². The SMILES string of the molecule is NS(=O)(=O)OC[C@H]1C[C@@H](Nc2ncncc2C(=O)c2cc([C@@H]3CCCc4ccc(Cl)cc43)cs2)C[C@@H]1O.NS(=O)(=O)OC[C@H]1C[C@@H](Nc2ncncc2C(=O)c2cc([C@@H]3c4cc(Cl)ccc4CCN3C(=O)O)cs2)C[C@@H]1O. The number of thiophene rings is 2. The van der Waals surface area contributed by atoms with Gasteiger partial charge in [-0.2, -0.15) is 16.8 Å². The highest BCUT2D eigenvalue weighted by Crippen LogP contribution is 2.42. The first-order valence-electron chi connectivity index (χ1n) is 24.3. The van der Waals surface area contributed by atoms with Crippen molar-refractivity contribution >= 4 is 95.8 Å². The van der Waals surface area contributed by atoms with Crippen molar-refractivity contribution in [3.63, 3.8) is 0 Å². The van der Waals surface area contributed by atoms with Gasteiger partial charge in [0, 0.05) is 58.8 Å². The molecule has 6 aromatic rings. The topological polar surface area (TPSA) is 330 Å². The molecule has 77 heavy (non-hydrogen) atoms. The summed E-state index contributed by atoms with van der Waals surface area (Å²) in [6.07, 6.45) is 7.96. The van der Waals surface area contributed by atoms with E-state index in [1.54, 1.807) is 23.6 Å². The van der Waals surface area contributed by atoms with Crippen LogP contribution in [0.1, 0.15) is 114 Å². The van der Waals surface area contributed by atoms with E-state index in [-0.39, 0.29) is 60.6 Å². The number of hydrogen-bond acceptors (Lipinski definition) is 19. The van der Waals surface area contributed by atoms with Crippen molar-refractivity contribution in [2.75, 3.05) is 30.4 Å². The van der Waals surface area contributed by atoms with E-state index in [1.165, 1.54) is 63.7 Å². The summed E-state index contributed by atoms with van der Waals surface area (Å²) in [5, 5.41) is 51.8. The van der Waals surface area contributed by atoms with E-state index >= 15 is 0 Å². The fourth-order valence-electron chi connectivity index (χ4n) is 10.6. The number of ketones is 2. The van der Waals surface area contributed by atoms with Gasteiger partial charge in [0.15, 0.2) is 0 Å². The molecule has 0 saturated heterocycles. The van der Waals surface area contributed by atoms with Gasteiger partial charge in [-0.05, 0) is 132 Å². The molecule has 10 rings (SSSR count). The minimum absolute atomic E-state index is 0.186. The number of benzene rings is 2. The zero-order valence-electron chi connectivity index (χ0n) is 40.8. The van der Waals surface area contributed by atoms with Crippen LogP contribution in [0, 0.1) is 11.8 Å². The van der Waals surface area contributed by atoms with Gasteiger partial charge in [-0.3, -0.25) is 22.9 Å². The molecule has 8 atom stereocenters. The molecule has 0 spiro atoms. The lowest BCUT2D eigenvalue weighted by atomic mass is 9.80. The number of aliphatic hydroxyl groups is 2. The summed E-state index contributed by atoms with van der Waals surface area (Å²) < 4.78 is 53.7. The van der Waals surface area contributed by atoms with Crippen LogP contribution >= 0.6 is 45.9 Å². The Morgan fingerprint density at radius 2 is 1.19 bits per heavy atom. The molecule has 1 amide bonds. The Morgan fingerprint density at radius 3 is 1.71 bits per heavy atom. The Labute approximate surface area is 461 Å². The van der Waals surface area contributed by atoms with Crippen LogP contribution in [0.3, 0.4) is 0 Å². The maximum atomic E-state index is 13.6. The predicted octanol–water partition coefficient (Wildman–Crippen LogP) is 6.48. The van der Waals surface area contributed by atoms with Crippen LogP contribution in [0.2, 0.25) is 10.0 Å². The first-order chi connectivity index (χ1) is 36.7. The number of carbonyl (C=O) groups excluding carboxylic acids is 2. The number of nitrogens with zero attached hydrogens (tertiary/aromatic N) is 5. The zero-order valence-corrected chi connectivity index (χ0v) is 45.6. The smallest absolute Gasteiger partial charge is 0.408 e. The van der Waals surface area contributed by atoms with Crippen LogP contribution in [0.4, 0.5) is 16.4 Å². The Kier molecular flexibility index (Phi) is 17.4. The van der Waals surface area contributed by atoms with Gasteiger partial charge in [0.1, 0.15) is 24.3 Å². The average Bonchev–Trinajstić information content (AvgIpc) is 4.23. The van der Waals surface area contributed by atoms with Crippen LogP contribution in [0.5, 0.6) is 0 Å². The highest BCUT2D eigenvalue weighted by atomic mass is 35.5. The molecule has 2 aromatic carbocycles. The van der Waals surface area contributed by atoms with E-state index in [1.807, 2.05) is 29.6 Å². The number of carbonyl (C=O) groups is 3. The van der Waals surface area contributed by atoms with E-state index in [2.05, 4.69) is 45.0 Å². The summed E-state index contributed by atoms with van der Waals surface area (Å²) >= 11 is 15.1. The molecule has 408 valence electrons. The number of rotatable bonds is 16. The van der Waals surface area contributed by atoms with Gasteiger partial charge < -0.3 is 26.0 Å². The quantitative estimate of drug-likeness (QED) is 0.0510. The average molecular weight is 1170 g/mol. The van der Waals surface area contributed by atoms with Crippen molar-refractivity contribution in [2.45, 2.75) is 87.6 Å². The van der Waals surface area contributed by atoms with Gasteiger partial charge in [-0.15, -0.1) is 22.7 Å². The number of halogens is 2. The number of anilines is 2. The number of aryl methyl sites for hydroxylation is 1. The molecular weight excluding hydrogens is 1120 g/mol. The summed E-state index contributed by atoms with van der Waals surface area (Å²) in [7, 11) is -8.22. The van der Waals surface area contributed by atoms with E-state index in [4.69, 9.17) is 33.5 Å². The highest BCUT2D eigenvalue weighted by molar-refractivity contribution is 7.84. The monoisotopic (exact) mass is 1170 g/mol. The molecule has 21 nitrogen and oxygen atoms in total. The van der Waals surface area contributed by atoms with Crippen LogP contribution in [0.25, 0.3) is 0 Å².